The van der Waals surface area contributed by atoms with Crippen molar-refractivity contribution in [3.05, 3.63) is 29.3 Å². The Morgan fingerprint density at radius 1 is 1.04 bits per heavy atom. The molecule has 0 spiro atoms. The van der Waals surface area contributed by atoms with E-state index in [4.69, 9.17) is 0 Å². The number of aryl methyl sites for hydroxylation is 1. The third kappa shape index (κ3) is 5.23. The third-order valence-electron chi connectivity index (χ3n) is 5.87. The molecule has 0 unspecified atom stereocenters. The van der Waals surface area contributed by atoms with Gasteiger partial charge in [-0.05, 0) is 76.7 Å². The van der Waals surface area contributed by atoms with E-state index in [1.165, 1.54) is 62.9 Å². The Labute approximate surface area is 158 Å². The Kier molecular flexibility index (Phi) is 6.95. The van der Waals surface area contributed by atoms with Crippen molar-refractivity contribution in [2.45, 2.75) is 64.8 Å². The van der Waals surface area contributed by atoms with Gasteiger partial charge in [0.15, 0.2) is 0 Å². The van der Waals surface area contributed by atoms with Crippen molar-refractivity contribution >= 4 is 11.6 Å². The fourth-order valence-electron chi connectivity index (χ4n) is 4.16. The molecule has 2 saturated heterocycles. The predicted octanol–water partition coefficient (Wildman–Crippen LogP) is 3.98. The second-order valence-electron chi connectivity index (χ2n) is 8.11. The zero-order valence-electron chi connectivity index (χ0n) is 16.6. The van der Waals surface area contributed by atoms with E-state index >= 15 is 0 Å². The molecule has 1 amide bonds. The van der Waals surface area contributed by atoms with Crippen LogP contribution in [-0.2, 0) is 0 Å². The van der Waals surface area contributed by atoms with Crippen LogP contribution in [0.2, 0.25) is 0 Å². The topological polar surface area (TPSA) is 35.6 Å². The van der Waals surface area contributed by atoms with Gasteiger partial charge in [-0.1, -0.05) is 18.9 Å². The number of carbonyl (C=O) groups excluding carboxylic acids is 1. The largest absolute Gasteiger partial charge is 0.371 e. The summed E-state index contributed by atoms with van der Waals surface area (Å²) in [6.07, 6.45) is 8.92. The van der Waals surface area contributed by atoms with E-state index in [1.807, 2.05) is 6.07 Å². The van der Waals surface area contributed by atoms with Crippen LogP contribution in [0.5, 0.6) is 0 Å². The minimum absolute atomic E-state index is 0.0637. The normalized spacial score (nSPS) is 20.0. The van der Waals surface area contributed by atoms with Crippen molar-refractivity contribution in [1.82, 2.24) is 10.2 Å². The highest BCUT2D eigenvalue weighted by Crippen LogP contribution is 2.25. The summed E-state index contributed by atoms with van der Waals surface area (Å²) < 4.78 is 0. The molecule has 144 valence electrons. The van der Waals surface area contributed by atoms with Crippen LogP contribution in [0.3, 0.4) is 0 Å². The Morgan fingerprint density at radius 2 is 1.69 bits per heavy atom. The smallest absolute Gasteiger partial charge is 0.251 e. The molecule has 4 heteroatoms. The van der Waals surface area contributed by atoms with Gasteiger partial charge in [-0.15, -0.1) is 0 Å². The number of hydrogen-bond donors (Lipinski definition) is 1. The van der Waals surface area contributed by atoms with Crippen molar-refractivity contribution in [2.75, 3.05) is 37.6 Å². The highest BCUT2D eigenvalue weighted by Gasteiger charge is 2.18. The van der Waals surface area contributed by atoms with Gasteiger partial charge in [0.05, 0.1) is 0 Å². The van der Waals surface area contributed by atoms with E-state index < -0.39 is 0 Å². The minimum atomic E-state index is 0.0637. The number of hydrogen-bond acceptors (Lipinski definition) is 3. The van der Waals surface area contributed by atoms with Crippen LogP contribution in [0.4, 0.5) is 5.69 Å². The summed E-state index contributed by atoms with van der Waals surface area (Å²) in [5.74, 6) is 0.0637. The molecule has 0 aromatic heterocycles. The van der Waals surface area contributed by atoms with E-state index in [0.717, 1.165) is 31.6 Å². The fraction of sp³-hybridized carbons (Fsp3) is 0.682. The van der Waals surface area contributed by atoms with Crippen LogP contribution in [0.25, 0.3) is 0 Å². The van der Waals surface area contributed by atoms with Gasteiger partial charge in [0.2, 0.25) is 0 Å². The quantitative estimate of drug-likeness (QED) is 0.836. The van der Waals surface area contributed by atoms with Crippen LogP contribution in [0.1, 0.15) is 67.8 Å². The lowest BCUT2D eigenvalue weighted by Crippen LogP contribution is -2.36. The SMILES string of the molecule is Cc1ccc(C(=O)N[C@H](C)CCN2CCCCCC2)cc1N1CCCC1. The molecule has 1 atom stereocenters. The van der Waals surface area contributed by atoms with Crippen LogP contribution in [-0.4, -0.2) is 49.6 Å². The lowest BCUT2D eigenvalue weighted by molar-refractivity contribution is 0.0935. The van der Waals surface area contributed by atoms with Crippen LogP contribution >= 0.6 is 0 Å². The molecular formula is C22H35N3O. The van der Waals surface area contributed by atoms with Crippen molar-refractivity contribution in [1.29, 1.82) is 0 Å². The zero-order valence-corrected chi connectivity index (χ0v) is 16.6. The van der Waals surface area contributed by atoms with Gasteiger partial charge in [-0.25, -0.2) is 0 Å². The molecule has 2 aliphatic heterocycles. The van der Waals surface area contributed by atoms with Crippen molar-refractivity contribution < 1.29 is 4.79 Å². The van der Waals surface area contributed by atoms with Gasteiger partial charge < -0.3 is 15.1 Å². The molecule has 1 N–H and O–H groups in total. The molecular weight excluding hydrogens is 322 g/mol. The van der Waals surface area contributed by atoms with Gasteiger partial charge in [-0.3, -0.25) is 4.79 Å². The first-order valence-corrected chi connectivity index (χ1v) is 10.5. The number of nitrogens with one attached hydrogen (secondary N) is 1. The number of likely N-dealkylation sites (tertiary alicyclic amines) is 1. The summed E-state index contributed by atoms with van der Waals surface area (Å²) >= 11 is 0. The summed E-state index contributed by atoms with van der Waals surface area (Å²) in [5, 5.41) is 3.20. The number of anilines is 1. The van der Waals surface area contributed by atoms with Gasteiger partial charge in [0, 0.05) is 36.9 Å². The Hall–Kier alpha value is -1.55. The van der Waals surface area contributed by atoms with Crippen molar-refractivity contribution in [3.8, 4) is 0 Å². The Morgan fingerprint density at radius 3 is 2.38 bits per heavy atom. The minimum Gasteiger partial charge on any atom is -0.371 e. The molecule has 0 aliphatic carbocycles. The molecule has 0 bridgehead atoms. The second-order valence-corrected chi connectivity index (χ2v) is 8.11. The standard InChI is InChI=1S/C22H35N3O/c1-18-9-10-20(17-21(18)25-14-7-8-15-25)22(26)23-19(2)11-16-24-12-5-3-4-6-13-24/h9-10,17,19H,3-8,11-16H2,1-2H3,(H,23,26)/t19-/m1/s1. The number of carbonyl (C=O) groups is 1. The summed E-state index contributed by atoms with van der Waals surface area (Å²) in [6.45, 7) is 10.0. The van der Waals surface area contributed by atoms with Gasteiger partial charge in [0.1, 0.15) is 0 Å². The first-order valence-electron chi connectivity index (χ1n) is 10.5. The number of rotatable bonds is 6. The molecule has 2 heterocycles. The average Bonchev–Trinajstić information content (AvgIpc) is 3.04. The van der Waals surface area contributed by atoms with E-state index in [9.17, 15) is 4.79 Å². The molecule has 0 saturated carbocycles. The molecule has 2 aliphatic rings. The van der Waals surface area contributed by atoms with Crippen molar-refractivity contribution in [3.63, 3.8) is 0 Å². The molecule has 1 aromatic carbocycles. The van der Waals surface area contributed by atoms with Crippen LogP contribution in [0.15, 0.2) is 18.2 Å². The molecule has 4 nitrogen and oxygen atoms in total. The summed E-state index contributed by atoms with van der Waals surface area (Å²) in [7, 11) is 0. The van der Waals surface area contributed by atoms with Crippen LogP contribution < -0.4 is 10.2 Å². The van der Waals surface area contributed by atoms with Gasteiger partial charge >= 0.3 is 0 Å². The summed E-state index contributed by atoms with van der Waals surface area (Å²) in [4.78, 5) is 17.7. The van der Waals surface area contributed by atoms with Gasteiger partial charge in [0.25, 0.3) is 5.91 Å². The lowest BCUT2D eigenvalue weighted by Gasteiger charge is -2.23. The number of amides is 1. The first-order chi connectivity index (χ1) is 12.6. The highest BCUT2D eigenvalue weighted by molar-refractivity contribution is 5.95. The van der Waals surface area contributed by atoms with E-state index in [1.54, 1.807) is 0 Å². The zero-order chi connectivity index (χ0) is 18.4. The second kappa shape index (κ2) is 9.40. The number of benzene rings is 1. The molecule has 26 heavy (non-hydrogen) atoms. The van der Waals surface area contributed by atoms with E-state index in [0.29, 0.717) is 0 Å². The van der Waals surface area contributed by atoms with Crippen LogP contribution in [0, 0.1) is 6.92 Å². The summed E-state index contributed by atoms with van der Waals surface area (Å²) in [6, 6.07) is 6.34. The van der Waals surface area contributed by atoms with E-state index in [-0.39, 0.29) is 11.9 Å². The highest BCUT2D eigenvalue weighted by atomic mass is 16.1. The first kappa shape index (κ1) is 19.2. The van der Waals surface area contributed by atoms with Crippen molar-refractivity contribution in [2.24, 2.45) is 0 Å². The average molecular weight is 358 g/mol. The van der Waals surface area contributed by atoms with Gasteiger partial charge in [-0.2, -0.15) is 0 Å². The Balaban J connectivity index is 1.52. The monoisotopic (exact) mass is 357 g/mol. The molecule has 2 fully saturated rings. The fourth-order valence-corrected chi connectivity index (χ4v) is 4.16. The third-order valence-corrected chi connectivity index (χ3v) is 5.87. The van der Waals surface area contributed by atoms with E-state index in [2.05, 4.69) is 41.1 Å². The maximum atomic E-state index is 12.7. The number of nitrogens with zero attached hydrogens (tertiary/aromatic N) is 2. The molecule has 3 rings (SSSR count). The lowest BCUT2D eigenvalue weighted by atomic mass is 10.1. The molecule has 1 aromatic rings. The Bertz CT molecular complexity index is 587. The maximum Gasteiger partial charge on any atom is 0.251 e. The maximum absolute atomic E-state index is 12.7. The summed E-state index contributed by atoms with van der Waals surface area (Å²) in [5.41, 5.74) is 3.28. The molecule has 0 radical (unpaired) electrons. The predicted molar refractivity (Wildman–Crippen MR) is 109 cm³/mol.